The van der Waals surface area contributed by atoms with Gasteiger partial charge < -0.3 is 9.80 Å². The number of piperazine rings is 1. The van der Waals surface area contributed by atoms with E-state index in [1.165, 1.54) is 11.1 Å². The van der Waals surface area contributed by atoms with Gasteiger partial charge in [0.05, 0.1) is 17.8 Å². The number of amides is 1. The molecule has 2 heterocycles. The first-order chi connectivity index (χ1) is 11.7. The van der Waals surface area contributed by atoms with Crippen molar-refractivity contribution in [3.05, 3.63) is 47.8 Å². The van der Waals surface area contributed by atoms with Crippen LogP contribution in [0.2, 0.25) is 0 Å². The second kappa shape index (κ2) is 6.30. The second-order valence-corrected chi connectivity index (χ2v) is 6.83. The van der Waals surface area contributed by atoms with Crippen LogP contribution in [0.25, 0.3) is 0 Å². The van der Waals surface area contributed by atoms with Gasteiger partial charge in [-0.1, -0.05) is 24.3 Å². The Morgan fingerprint density at radius 1 is 1.17 bits per heavy atom. The number of carbonyl (C=O) groups excluding carboxylic acids is 1. The Morgan fingerprint density at radius 2 is 1.96 bits per heavy atom. The van der Waals surface area contributed by atoms with Crippen molar-refractivity contribution in [3.63, 3.8) is 0 Å². The average Bonchev–Trinajstić information content (AvgIpc) is 3.07. The Balaban J connectivity index is 1.44. The Labute approximate surface area is 142 Å². The molecule has 1 amide bonds. The maximum Gasteiger partial charge on any atom is 0.230 e. The molecule has 0 N–H and O–H groups in total. The number of benzene rings is 1. The number of rotatable bonds is 2. The topological polar surface area (TPSA) is 41.4 Å². The minimum atomic E-state index is 0.0555. The van der Waals surface area contributed by atoms with Crippen LogP contribution in [0.1, 0.15) is 29.9 Å². The lowest BCUT2D eigenvalue weighted by Crippen LogP contribution is -2.50. The van der Waals surface area contributed by atoms with Gasteiger partial charge in [-0.05, 0) is 30.4 Å². The van der Waals surface area contributed by atoms with Crippen LogP contribution in [0, 0.1) is 0 Å². The zero-order valence-corrected chi connectivity index (χ0v) is 14.2. The average molecular weight is 324 g/mol. The van der Waals surface area contributed by atoms with Gasteiger partial charge in [0.25, 0.3) is 0 Å². The third-order valence-electron chi connectivity index (χ3n) is 5.32. The largest absolute Gasteiger partial charge is 0.365 e. The monoisotopic (exact) mass is 324 g/mol. The first-order valence-corrected chi connectivity index (χ1v) is 8.82. The smallest absolute Gasteiger partial charge is 0.230 e. The fraction of sp³-hybridized carbons (Fsp3) is 0.474. The zero-order valence-electron chi connectivity index (χ0n) is 14.2. The summed E-state index contributed by atoms with van der Waals surface area (Å²) >= 11 is 0. The van der Waals surface area contributed by atoms with Gasteiger partial charge >= 0.3 is 0 Å². The first kappa shape index (κ1) is 15.2. The predicted octanol–water partition coefficient (Wildman–Crippen LogP) is 2.19. The van der Waals surface area contributed by atoms with Crippen molar-refractivity contribution < 1.29 is 4.79 Å². The Hall–Kier alpha value is -2.30. The van der Waals surface area contributed by atoms with E-state index in [9.17, 15) is 4.79 Å². The third-order valence-corrected chi connectivity index (χ3v) is 5.32. The summed E-state index contributed by atoms with van der Waals surface area (Å²) in [5.41, 5.74) is 3.76. The van der Waals surface area contributed by atoms with E-state index in [0.29, 0.717) is 5.91 Å². The predicted molar refractivity (Wildman–Crippen MR) is 94.1 cm³/mol. The van der Waals surface area contributed by atoms with Crippen molar-refractivity contribution in [2.24, 2.45) is 7.05 Å². The molecule has 0 saturated carbocycles. The first-order valence-electron chi connectivity index (χ1n) is 8.82. The second-order valence-electron chi connectivity index (χ2n) is 6.83. The molecule has 4 rings (SSSR count). The van der Waals surface area contributed by atoms with E-state index in [0.717, 1.165) is 51.1 Å². The number of fused-ring (bicyclic) bond motifs is 1. The van der Waals surface area contributed by atoms with Crippen molar-refractivity contribution in [3.8, 4) is 0 Å². The van der Waals surface area contributed by atoms with E-state index in [1.807, 2.05) is 24.1 Å². The summed E-state index contributed by atoms with van der Waals surface area (Å²) in [6, 6.07) is 8.46. The normalized spacial score (nSPS) is 20.8. The molecule has 1 saturated heterocycles. The molecule has 1 aromatic carbocycles. The number of hydrogen-bond donors (Lipinski definition) is 0. The maximum atomic E-state index is 13.1. The minimum absolute atomic E-state index is 0.0555. The summed E-state index contributed by atoms with van der Waals surface area (Å²) in [6.45, 7) is 3.36. The summed E-state index contributed by atoms with van der Waals surface area (Å²) in [5.74, 6) is 0.368. The van der Waals surface area contributed by atoms with Crippen LogP contribution in [0.15, 0.2) is 36.7 Å². The summed E-state index contributed by atoms with van der Waals surface area (Å²) in [6.07, 6.45) is 7.14. The summed E-state index contributed by atoms with van der Waals surface area (Å²) in [5, 5.41) is 4.24. The number of hydrogen-bond acceptors (Lipinski definition) is 3. The van der Waals surface area contributed by atoms with Crippen molar-refractivity contribution in [1.82, 2.24) is 14.7 Å². The number of anilines is 1. The number of carbonyl (C=O) groups is 1. The van der Waals surface area contributed by atoms with Crippen molar-refractivity contribution in [2.75, 3.05) is 31.1 Å². The molecule has 0 spiro atoms. The van der Waals surface area contributed by atoms with Gasteiger partial charge in [0.15, 0.2) is 0 Å². The van der Waals surface area contributed by atoms with Crippen molar-refractivity contribution in [1.29, 1.82) is 0 Å². The summed E-state index contributed by atoms with van der Waals surface area (Å²) < 4.78 is 1.83. The highest BCUT2D eigenvalue weighted by atomic mass is 16.2. The Bertz CT molecular complexity index is 730. The van der Waals surface area contributed by atoms with Crippen LogP contribution in [-0.4, -0.2) is 46.8 Å². The van der Waals surface area contributed by atoms with Gasteiger partial charge in [0.2, 0.25) is 5.91 Å². The van der Waals surface area contributed by atoms with E-state index in [4.69, 9.17) is 0 Å². The van der Waals surface area contributed by atoms with Crippen LogP contribution in [-0.2, 0) is 18.3 Å². The van der Waals surface area contributed by atoms with Gasteiger partial charge in [0.1, 0.15) is 0 Å². The highest BCUT2D eigenvalue weighted by molar-refractivity contribution is 5.84. The molecule has 0 radical (unpaired) electrons. The van der Waals surface area contributed by atoms with Crippen LogP contribution in [0.3, 0.4) is 0 Å². The SMILES string of the molecule is Cn1cc(N2CCN(C(=O)C3CCCc4ccccc43)CC2)cn1. The van der Waals surface area contributed by atoms with Crippen molar-refractivity contribution >= 4 is 11.6 Å². The summed E-state index contributed by atoms with van der Waals surface area (Å²) in [7, 11) is 1.93. The molecule has 1 aliphatic heterocycles. The lowest BCUT2D eigenvalue weighted by atomic mass is 9.82. The van der Waals surface area contributed by atoms with Gasteiger partial charge in [-0.3, -0.25) is 9.48 Å². The fourth-order valence-electron chi connectivity index (χ4n) is 3.99. The highest BCUT2D eigenvalue weighted by Gasteiger charge is 2.31. The molecular weight excluding hydrogens is 300 g/mol. The van der Waals surface area contributed by atoms with E-state index in [2.05, 4.69) is 39.2 Å². The molecule has 1 fully saturated rings. The molecule has 126 valence electrons. The molecule has 5 heteroatoms. The maximum absolute atomic E-state index is 13.1. The molecule has 5 nitrogen and oxygen atoms in total. The van der Waals surface area contributed by atoms with E-state index in [1.54, 1.807) is 0 Å². The van der Waals surface area contributed by atoms with Gasteiger partial charge in [-0.2, -0.15) is 5.10 Å². The Kier molecular flexibility index (Phi) is 4.00. The van der Waals surface area contributed by atoms with Crippen LogP contribution in [0.4, 0.5) is 5.69 Å². The lowest BCUT2D eigenvalue weighted by Gasteiger charge is -2.38. The highest BCUT2D eigenvalue weighted by Crippen LogP contribution is 2.33. The molecule has 1 aromatic heterocycles. The van der Waals surface area contributed by atoms with E-state index >= 15 is 0 Å². The van der Waals surface area contributed by atoms with E-state index in [-0.39, 0.29) is 5.92 Å². The Morgan fingerprint density at radius 3 is 2.71 bits per heavy atom. The number of nitrogens with zero attached hydrogens (tertiary/aromatic N) is 4. The molecule has 2 aliphatic rings. The fourth-order valence-corrected chi connectivity index (χ4v) is 3.99. The lowest BCUT2D eigenvalue weighted by molar-refractivity contribution is -0.133. The standard InChI is InChI=1S/C19H24N4O/c1-21-14-16(13-20-21)22-9-11-23(12-10-22)19(24)18-8-4-6-15-5-2-3-7-17(15)18/h2-3,5,7,13-14,18H,4,6,8-12H2,1H3. The van der Waals surface area contributed by atoms with Gasteiger partial charge in [-0.25, -0.2) is 0 Å². The van der Waals surface area contributed by atoms with Crippen LogP contribution >= 0.6 is 0 Å². The number of aromatic nitrogens is 2. The van der Waals surface area contributed by atoms with Gasteiger partial charge in [-0.15, -0.1) is 0 Å². The summed E-state index contributed by atoms with van der Waals surface area (Å²) in [4.78, 5) is 17.4. The molecule has 1 atom stereocenters. The minimum Gasteiger partial charge on any atom is -0.365 e. The quantitative estimate of drug-likeness (QED) is 0.850. The van der Waals surface area contributed by atoms with Crippen molar-refractivity contribution in [2.45, 2.75) is 25.2 Å². The molecule has 2 aromatic rings. The molecule has 1 unspecified atom stereocenters. The molecule has 24 heavy (non-hydrogen) atoms. The van der Waals surface area contributed by atoms with E-state index < -0.39 is 0 Å². The van der Waals surface area contributed by atoms with Crippen LogP contribution < -0.4 is 4.90 Å². The van der Waals surface area contributed by atoms with Gasteiger partial charge in [0, 0.05) is 39.4 Å². The third kappa shape index (κ3) is 2.79. The zero-order chi connectivity index (χ0) is 16.5. The molecule has 1 aliphatic carbocycles. The molecular formula is C19H24N4O. The van der Waals surface area contributed by atoms with Crippen LogP contribution in [0.5, 0.6) is 0 Å². The molecule has 0 bridgehead atoms. The number of aryl methyl sites for hydroxylation is 2.